The van der Waals surface area contributed by atoms with Crippen molar-refractivity contribution >= 4 is 11.8 Å². The van der Waals surface area contributed by atoms with Crippen molar-refractivity contribution in [1.82, 2.24) is 10.6 Å². The van der Waals surface area contributed by atoms with Crippen LogP contribution in [-0.4, -0.2) is 65.0 Å². The van der Waals surface area contributed by atoms with E-state index in [1.165, 1.54) is 17.7 Å². The number of carbonyl (C=O) groups excluding carboxylic acids is 2. The zero-order valence-electron chi connectivity index (χ0n) is 25.2. The third-order valence-corrected chi connectivity index (χ3v) is 6.55. The fourth-order valence-electron chi connectivity index (χ4n) is 4.05. The average Bonchev–Trinajstić information content (AvgIpc) is 2.98. The minimum absolute atomic E-state index is 0.0173. The smallest absolute Gasteiger partial charge is 0.252 e. The van der Waals surface area contributed by atoms with Crippen LogP contribution < -0.4 is 26.8 Å². The van der Waals surface area contributed by atoms with Gasteiger partial charge in [0.25, 0.3) is 5.91 Å². The fraction of sp³-hybridized carbons (Fsp3) is 0.394. The molecule has 0 saturated heterocycles. The van der Waals surface area contributed by atoms with E-state index in [4.69, 9.17) is 16.2 Å². The van der Waals surface area contributed by atoms with Gasteiger partial charge in [0.1, 0.15) is 24.2 Å². The van der Waals surface area contributed by atoms with Gasteiger partial charge in [0, 0.05) is 25.2 Å². The molecule has 0 spiro atoms. The Balaban J connectivity index is 0.000000309. The van der Waals surface area contributed by atoms with Gasteiger partial charge in [0.15, 0.2) is 0 Å². The highest BCUT2D eigenvalue weighted by Gasteiger charge is 2.14. The number of phenols is 1. The summed E-state index contributed by atoms with van der Waals surface area (Å²) in [5.74, 6) is -0.589. The zero-order valence-corrected chi connectivity index (χ0v) is 25.2. The molecule has 9 N–H and O–H groups in total. The summed E-state index contributed by atoms with van der Waals surface area (Å²) in [6.07, 6.45) is 0.825. The summed E-state index contributed by atoms with van der Waals surface area (Å²) in [5, 5.41) is 35.9. The Bertz CT molecular complexity index is 1250. The van der Waals surface area contributed by atoms with Crippen LogP contribution in [0.5, 0.6) is 11.5 Å². The molecule has 0 saturated carbocycles. The minimum atomic E-state index is -0.775. The highest BCUT2D eigenvalue weighted by molar-refractivity contribution is 5.95. The Hall–Kier alpha value is -3.96. The molecule has 2 amide bonds. The van der Waals surface area contributed by atoms with Crippen LogP contribution in [0.3, 0.4) is 0 Å². The van der Waals surface area contributed by atoms with Crippen LogP contribution in [0.25, 0.3) is 0 Å². The molecule has 0 aliphatic rings. The number of ether oxygens (including phenoxy) is 1. The lowest BCUT2D eigenvalue weighted by Gasteiger charge is -2.18. The summed E-state index contributed by atoms with van der Waals surface area (Å²) in [4.78, 5) is 22.0. The van der Waals surface area contributed by atoms with Gasteiger partial charge >= 0.3 is 0 Å². The van der Waals surface area contributed by atoms with Crippen molar-refractivity contribution in [2.24, 2.45) is 11.5 Å². The second kappa shape index (κ2) is 18.6. The predicted molar refractivity (Wildman–Crippen MR) is 168 cm³/mol. The molecular formula is C33H46N4O6. The van der Waals surface area contributed by atoms with Crippen molar-refractivity contribution in [3.8, 4) is 11.5 Å². The quantitative estimate of drug-likeness (QED) is 0.132. The molecule has 234 valence electrons. The lowest BCUT2D eigenvalue weighted by Crippen LogP contribution is -2.35. The van der Waals surface area contributed by atoms with E-state index in [0.717, 1.165) is 18.4 Å². The minimum Gasteiger partial charge on any atom is -0.507 e. The topological polar surface area (TPSA) is 180 Å². The van der Waals surface area contributed by atoms with Crippen molar-refractivity contribution in [3.63, 3.8) is 0 Å². The van der Waals surface area contributed by atoms with Crippen LogP contribution in [-0.2, 0) is 17.6 Å². The van der Waals surface area contributed by atoms with Gasteiger partial charge in [0.2, 0.25) is 5.91 Å². The molecule has 43 heavy (non-hydrogen) atoms. The summed E-state index contributed by atoms with van der Waals surface area (Å²) < 4.78 is 5.45. The molecule has 3 aromatic carbocycles. The van der Waals surface area contributed by atoms with Gasteiger partial charge in [-0.3, -0.25) is 9.59 Å². The molecule has 0 heterocycles. The number of aromatic hydroxyl groups is 1. The Labute approximate surface area is 254 Å². The first kappa shape index (κ1) is 35.2. The average molecular weight is 595 g/mol. The zero-order chi connectivity index (χ0) is 31.8. The van der Waals surface area contributed by atoms with Gasteiger partial charge < -0.3 is 42.2 Å². The van der Waals surface area contributed by atoms with Crippen molar-refractivity contribution in [1.29, 1.82) is 0 Å². The third kappa shape index (κ3) is 14.2. The second-order valence-electron chi connectivity index (χ2n) is 10.8. The molecule has 3 rings (SSSR count). The van der Waals surface area contributed by atoms with Crippen LogP contribution >= 0.6 is 0 Å². The number of nitrogens with one attached hydrogen (secondary N) is 2. The van der Waals surface area contributed by atoms with Crippen LogP contribution in [0.2, 0.25) is 0 Å². The normalized spacial score (nSPS) is 13.0. The van der Waals surface area contributed by atoms with Crippen molar-refractivity contribution < 1.29 is 29.6 Å². The Morgan fingerprint density at radius 3 is 2.14 bits per heavy atom. The van der Waals surface area contributed by atoms with E-state index in [0.29, 0.717) is 30.4 Å². The SMILES string of the molecule is CC(C)NCC(O)COc1ccc(CC(N)=O)cc1.CC(CCc1ccccc1)NCC(O)c1ccc(O)c(C(N)=O)c1. The molecule has 0 fully saturated rings. The number of carbonyl (C=O) groups is 2. The number of hydrogen-bond donors (Lipinski definition) is 7. The van der Waals surface area contributed by atoms with Gasteiger partial charge in [-0.05, 0) is 60.7 Å². The van der Waals surface area contributed by atoms with E-state index in [1.807, 2.05) is 32.0 Å². The molecule has 10 heteroatoms. The number of rotatable bonds is 16. The van der Waals surface area contributed by atoms with Crippen LogP contribution in [0.15, 0.2) is 72.8 Å². The molecule has 0 aromatic heterocycles. The van der Waals surface area contributed by atoms with E-state index in [9.17, 15) is 24.9 Å². The Kier molecular flexibility index (Phi) is 15.2. The first-order valence-electron chi connectivity index (χ1n) is 14.4. The summed E-state index contributed by atoms with van der Waals surface area (Å²) in [7, 11) is 0. The highest BCUT2D eigenvalue weighted by atomic mass is 16.5. The number of primary amides is 2. The third-order valence-electron chi connectivity index (χ3n) is 6.55. The largest absolute Gasteiger partial charge is 0.507 e. The van der Waals surface area contributed by atoms with Crippen molar-refractivity contribution in [2.75, 3.05) is 19.7 Å². The summed E-state index contributed by atoms with van der Waals surface area (Å²) >= 11 is 0. The Morgan fingerprint density at radius 2 is 1.53 bits per heavy atom. The standard InChI is InChI=1S/C19H24N2O3.C14H22N2O3/c1-13(7-8-14-5-3-2-4-6-14)21-12-18(23)15-9-10-17(22)16(11-15)19(20)24;1-10(2)16-8-12(17)9-19-13-5-3-11(4-6-13)7-14(15)18/h2-6,9-11,13,18,21-23H,7-8,12H2,1H3,(H2,20,24);3-6,10,12,16-17H,7-9H2,1-2H3,(H2,15,18). The number of benzene rings is 3. The van der Waals surface area contributed by atoms with E-state index >= 15 is 0 Å². The van der Waals surface area contributed by atoms with E-state index in [2.05, 4.69) is 29.7 Å². The fourth-order valence-corrected chi connectivity index (χ4v) is 4.05. The number of amides is 2. The second-order valence-corrected chi connectivity index (χ2v) is 10.8. The molecule has 3 unspecified atom stereocenters. The molecular weight excluding hydrogens is 548 g/mol. The first-order chi connectivity index (χ1) is 20.4. The summed E-state index contributed by atoms with van der Waals surface area (Å²) in [6, 6.07) is 22.3. The van der Waals surface area contributed by atoms with Gasteiger partial charge in [-0.15, -0.1) is 0 Å². The molecule has 0 radical (unpaired) electrons. The summed E-state index contributed by atoms with van der Waals surface area (Å²) in [5.41, 5.74) is 13.0. The maximum absolute atomic E-state index is 11.2. The van der Waals surface area contributed by atoms with E-state index in [-0.39, 0.29) is 36.3 Å². The maximum Gasteiger partial charge on any atom is 0.252 e. The first-order valence-corrected chi connectivity index (χ1v) is 14.4. The molecule has 3 atom stereocenters. The molecule has 0 aliphatic carbocycles. The number of hydrogen-bond acceptors (Lipinski definition) is 8. The van der Waals surface area contributed by atoms with Crippen molar-refractivity contribution in [2.45, 2.75) is 64.3 Å². The molecule has 10 nitrogen and oxygen atoms in total. The number of aryl methyl sites for hydroxylation is 1. The van der Waals surface area contributed by atoms with Crippen LogP contribution in [0, 0.1) is 0 Å². The maximum atomic E-state index is 11.2. The highest BCUT2D eigenvalue weighted by Crippen LogP contribution is 2.22. The van der Waals surface area contributed by atoms with Crippen molar-refractivity contribution in [3.05, 3.63) is 95.1 Å². The summed E-state index contributed by atoms with van der Waals surface area (Å²) in [6.45, 7) is 7.20. The number of nitrogens with two attached hydrogens (primary N) is 2. The van der Waals surface area contributed by atoms with Crippen LogP contribution in [0.4, 0.5) is 0 Å². The van der Waals surface area contributed by atoms with E-state index in [1.54, 1.807) is 30.3 Å². The lowest BCUT2D eigenvalue weighted by atomic mass is 10.0. The molecule has 0 aliphatic heterocycles. The van der Waals surface area contributed by atoms with E-state index < -0.39 is 18.1 Å². The van der Waals surface area contributed by atoms with Gasteiger partial charge in [0.05, 0.1) is 18.1 Å². The number of aliphatic hydroxyl groups excluding tert-OH is 2. The van der Waals surface area contributed by atoms with Gasteiger partial charge in [-0.25, -0.2) is 0 Å². The monoisotopic (exact) mass is 594 g/mol. The van der Waals surface area contributed by atoms with Gasteiger partial charge in [-0.2, -0.15) is 0 Å². The van der Waals surface area contributed by atoms with Gasteiger partial charge in [-0.1, -0.05) is 62.4 Å². The number of aliphatic hydroxyl groups is 2. The predicted octanol–water partition coefficient (Wildman–Crippen LogP) is 2.59. The molecule has 3 aromatic rings. The molecule has 0 bridgehead atoms. The lowest BCUT2D eigenvalue weighted by molar-refractivity contribution is -0.117. The van der Waals surface area contributed by atoms with Crippen LogP contribution in [0.1, 0.15) is 60.3 Å². The Morgan fingerprint density at radius 1 is 0.860 bits per heavy atom.